The Hall–Kier alpha value is -2.64. The van der Waals surface area contributed by atoms with Crippen LogP contribution >= 0.6 is 0 Å². The van der Waals surface area contributed by atoms with E-state index in [0.717, 1.165) is 11.3 Å². The van der Waals surface area contributed by atoms with Crippen molar-refractivity contribution in [2.75, 3.05) is 13.7 Å². The molecule has 3 heterocycles. The third-order valence-electron chi connectivity index (χ3n) is 4.68. The van der Waals surface area contributed by atoms with Crippen LogP contribution in [0.5, 0.6) is 5.75 Å². The smallest absolute Gasteiger partial charge is 0.244 e. The second-order valence-electron chi connectivity index (χ2n) is 6.10. The van der Waals surface area contributed by atoms with Crippen LogP contribution in [0.4, 0.5) is 0 Å². The molecule has 1 aromatic carbocycles. The summed E-state index contributed by atoms with van der Waals surface area (Å²) in [6.07, 6.45) is 5.37. The van der Waals surface area contributed by atoms with Crippen molar-refractivity contribution in [3.05, 3.63) is 78.4 Å². The third kappa shape index (κ3) is 2.79. The van der Waals surface area contributed by atoms with Gasteiger partial charge >= 0.3 is 0 Å². The highest BCUT2D eigenvalue weighted by molar-refractivity contribution is 7.89. The van der Waals surface area contributed by atoms with Gasteiger partial charge in [0.25, 0.3) is 0 Å². The van der Waals surface area contributed by atoms with Gasteiger partial charge in [-0.25, -0.2) is 8.42 Å². The Kier molecular flexibility index (Phi) is 4.26. The molecule has 0 saturated heterocycles. The fourth-order valence-electron chi connectivity index (χ4n) is 3.39. The Morgan fingerprint density at radius 3 is 2.46 bits per heavy atom. The molecule has 0 amide bonds. The van der Waals surface area contributed by atoms with Crippen molar-refractivity contribution in [1.29, 1.82) is 0 Å². The standard InChI is InChI=1S/C19H19N3O3S/c1-25-16-4-6-17(7-5-16)26(23,24)22-14-13-21-12-2-3-18(21)19(22)15-8-10-20-11-9-15/h2-12,19H,13-14H2,1H3. The number of fused-ring (bicyclic) bond motifs is 1. The summed E-state index contributed by atoms with van der Waals surface area (Å²) in [5.41, 5.74) is 1.86. The number of ether oxygens (including phenoxy) is 1. The topological polar surface area (TPSA) is 64.4 Å². The zero-order chi connectivity index (χ0) is 18.1. The quantitative estimate of drug-likeness (QED) is 0.709. The van der Waals surface area contributed by atoms with Crippen LogP contribution in [0.1, 0.15) is 17.3 Å². The highest BCUT2D eigenvalue weighted by Crippen LogP contribution is 2.36. The zero-order valence-electron chi connectivity index (χ0n) is 14.3. The largest absolute Gasteiger partial charge is 0.497 e. The van der Waals surface area contributed by atoms with Crippen molar-refractivity contribution in [3.8, 4) is 5.75 Å². The van der Waals surface area contributed by atoms with Gasteiger partial charge < -0.3 is 9.30 Å². The molecule has 3 aromatic rings. The lowest BCUT2D eigenvalue weighted by Crippen LogP contribution is -2.42. The number of rotatable bonds is 4. The summed E-state index contributed by atoms with van der Waals surface area (Å²) in [4.78, 5) is 4.32. The van der Waals surface area contributed by atoms with Crippen LogP contribution in [-0.4, -0.2) is 35.9 Å². The molecule has 26 heavy (non-hydrogen) atoms. The normalized spacial score (nSPS) is 17.7. The first-order valence-electron chi connectivity index (χ1n) is 8.32. The molecule has 0 radical (unpaired) electrons. The summed E-state index contributed by atoms with van der Waals surface area (Å²) in [5.74, 6) is 0.627. The molecule has 1 aliphatic heterocycles. The van der Waals surface area contributed by atoms with Crippen LogP contribution in [0.3, 0.4) is 0 Å². The van der Waals surface area contributed by atoms with Crippen LogP contribution in [0.15, 0.2) is 72.0 Å². The minimum atomic E-state index is -3.66. The van der Waals surface area contributed by atoms with E-state index in [4.69, 9.17) is 4.74 Å². The van der Waals surface area contributed by atoms with Crippen LogP contribution in [0.25, 0.3) is 0 Å². The molecule has 1 atom stereocenters. The number of pyridine rings is 1. The van der Waals surface area contributed by atoms with Crippen molar-refractivity contribution < 1.29 is 13.2 Å². The first-order chi connectivity index (χ1) is 12.6. The number of sulfonamides is 1. The van der Waals surface area contributed by atoms with Crippen LogP contribution < -0.4 is 4.74 Å². The molecule has 6 nitrogen and oxygen atoms in total. The molecule has 2 aromatic heterocycles. The van der Waals surface area contributed by atoms with Crippen molar-refractivity contribution in [1.82, 2.24) is 13.9 Å². The average molecular weight is 369 g/mol. The molecule has 7 heteroatoms. The van der Waals surface area contributed by atoms with E-state index in [2.05, 4.69) is 9.55 Å². The Balaban J connectivity index is 1.81. The van der Waals surface area contributed by atoms with E-state index in [1.54, 1.807) is 48.1 Å². The molecule has 0 N–H and O–H groups in total. The lowest BCUT2D eigenvalue weighted by molar-refractivity contribution is 0.298. The van der Waals surface area contributed by atoms with Crippen LogP contribution in [-0.2, 0) is 16.6 Å². The van der Waals surface area contributed by atoms with E-state index in [1.165, 1.54) is 0 Å². The fourth-order valence-corrected chi connectivity index (χ4v) is 4.97. The maximum absolute atomic E-state index is 13.4. The summed E-state index contributed by atoms with van der Waals surface area (Å²) >= 11 is 0. The average Bonchev–Trinajstić information content (AvgIpc) is 3.16. The summed E-state index contributed by atoms with van der Waals surface area (Å²) in [5, 5.41) is 0. The van der Waals surface area contributed by atoms with Gasteiger partial charge in [0.1, 0.15) is 5.75 Å². The van der Waals surface area contributed by atoms with Gasteiger partial charge in [0, 0.05) is 37.4 Å². The van der Waals surface area contributed by atoms with Crippen molar-refractivity contribution in [2.24, 2.45) is 0 Å². The number of hydrogen-bond donors (Lipinski definition) is 0. The zero-order valence-corrected chi connectivity index (χ0v) is 15.1. The highest BCUT2D eigenvalue weighted by atomic mass is 32.2. The number of nitrogens with zero attached hydrogens (tertiary/aromatic N) is 3. The molecule has 1 unspecified atom stereocenters. The van der Waals surface area contributed by atoms with E-state index in [0.29, 0.717) is 18.8 Å². The molecule has 0 bridgehead atoms. The van der Waals surface area contributed by atoms with Crippen molar-refractivity contribution in [3.63, 3.8) is 0 Å². The lowest BCUT2D eigenvalue weighted by atomic mass is 10.0. The maximum Gasteiger partial charge on any atom is 0.244 e. The van der Waals surface area contributed by atoms with Gasteiger partial charge in [-0.1, -0.05) is 0 Å². The number of hydrogen-bond acceptors (Lipinski definition) is 4. The second-order valence-corrected chi connectivity index (χ2v) is 7.99. The number of methoxy groups -OCH3 is 1. The first kappa shape index (κ1) is 16.8. The molecular weight excluding hydrogens is 350 g/mol. The van der Waals surface area contributed by atoms with Gasteiger partial charge in [0.2, 0.25) is 10.0 Å². The van der Waals surface area contributed by atoms with E-state index in [9.17, 15) is 8.42 Å². The van der Waals surface area contributed by atoms with Gasteiger partial charge in [0.15, 0.2) is 0 Å². The fraction of sp³-hybridized carbons (Fsp3) is 0.211. The summed E-state index contributed by atoms with van der Waals surface area (Å²) in [6, 6.07) is 13.8. The van der Waals surface area contributed by atoms with E-state index < -0.39 is 10.0 Å². The summed E-state index contributed by atoms with van der Waals surface area (Å²) < 4.78 is 35.5. The molecule has 0 spiro atoms. The predicted octanol–water partition coefficient (Wildman–Crippen LogP) is 2.69. The first-order valence-corrected chi connectivity index (χ1v) is 9.76. The van der Waals surface area contributed by atoms with Crippen molar-refractivity contribution >= 4 is 10.0 Å². The van der Waals surface area contributed by atoms with E-state index in [-0.39, 0.29) is 10.9 Å². The van der Waals surface area contributed by atoms with Gasteiger partial charge in [0.05, 0.1) is 18.0 Å². The maximum atomic E-state index is 13.4. The molecule has 0 aliphatic carbocycles. The van der Waals surface area contributed by atoms with Crippen LogP contribution in [0.2, 0.25) is 0 Å². The minimum Gasteiger partial charge on any atom is -0.497 e. The van der Waals surface area contributed by atoms with Gasteiger partial charge in [-0.15, -0.1) is 0 Å². The monoisotopic (exact) mass is 369 g/mol. The SMILES string of the molecule is COc1ccc(S(=O)(=O)N2CCn3cccc3C2c2ccncc2)cc1. The number of aromatic nitrogens is 2. The van der Waals surface area contributed by atoms with Gasteiger partial charge in [-0.3, -0.25) is 4.98 Å². The van der Waals surface area contributed by atoms with Gasteiger partial charge in [-0.05, 0) is 54.1 Å². The molecule has 4 rings (SSSR count). The Morgan fingerprint density at radius 1 is 1.04 bits per heavy atom. The van der Waals surface area contributed by atoms with Crippen molar-refractivity contribution in [2.45, 2.75) is 17.5 Å². The Morgan fingerprint density at radius 2 is 1.77 bits per heavy atom. The number of benzene rings is 1. The molecule has 134 valence electrons. The molecular formula is C19H19N3O3S. The van der Waals surface area contributed by atoms with Crippen LogP contribution in [0, 0.1) is 0 Å². The molecule has 0 saturated carbocycles. The molecule has 0 fully saturated rings. The summed E-state index contributed by atoms with van der Waals surface area (Å²) in [7, 11) is -2.10. The van der Waals surface area contributed by atoms with Gasteiger partial charge in [-0.2, -0.15) is 4.31 Å². The highest BCUT2D eigenvalue weighted by Gasteiger charge is 2.37. The third-order valence-corrected chi connectivity index (χ3v) is 6.56. The second kappa shape index (κ2) is 6.59. The van der Waals surface area contributed by atoms with E-state index >= 15 is 0 Å². The predicted molar refractivity (Wildman–Crippen MR) is 97.4 cm³/mol. The minimum absolute atomic E-state index is 0.261. The Bertz CT molecular complexity index is 998. The summed E-state index contributed by atoms with van der Waals surface area (Å²) in [6.45, 7) is 1.03. The molecule has 1 aliphatic rings. The van der Waals surface area contributed by atoms with E-state index in [1.807, 2.05) is 30.5 Å². The lowest BCUT2D eigenvalue weighted by Gasteiger charge is -2.36. The Labute approximate surface area is 152 Å².